The van der Waals surface area contributed by atoms with Crippen LogP contribution in [-0.2, 0) is 26.4 Å². The topological polar surface area (TPSA) is 81.3 Å². The lowest BCUT2D eigenvalue weighted by Crippen LogP contribution is -2.49. The number of hydrogen-bond donors (Lipinski definition) is 2. The normalized spacial score (nSPS) is 25.0. The van der Waals surface area contributed by atoms with Gasteiger partial charge in [-0.2, -0.15) is 0 Å². The van der Waals surface area contributed by atoms with Crippen LogP contribution in [0.2, 0.25) is 0 Å². The summed E-state index contributed by atoms with van der Waals surface area (Å²) in [7, 11) is 0. The molecule has 2 N–H and O–H groups in total. The Morgan fingerprint density at radius 3 is 2.56 bits per heavy atom. The molecule has 1 aliphatic rings. The first-order valence-corrected chi connectivity index (χ1v) is 8.28. The third-order valence-electron chi connectivity index (χ3n) is 4.31. The van der Waals surface area contributed by atoms with E-state index in [1.807, 2.05) is 30.3 Å². The highest BCUT2D eigenvalue weighted by atomic mass is 16.8. The van der Waals surface area contributed by atoms with Crippen molar-refractivity contribution in [3.05, 3.63) is 60.1 Å². The van der Waals surface area contributed by atoms with E-state index in [4.69, 9.17) is 18.6 Å². The van der Waals surface area contributed by atoms with Crippen molar-refractivity contribution in [2.24, 2.45) is 0 Å². The first-order valence-electron chi connectivity index (χ1n) is 8.28. The van der Waals surface area contributed by atoms with Gasteiger partial charge in [0.15, 0.2) is 5.79 Å². The van der Waals surface area contributed by atoms with Crippen LogP contribution >= 0.6 is 0 Å². The third-order valence-corrected chi connectivity index (χ3v) is 4.31. The van der Waals surface area contributed by atoms with Crippen LogP contribution in [0.15, 0.2) is 53.3 Å². The predicted octanol–water partition coefficient (Wildman–Crippen LogP) is 2.20. The molecule has 6 nitrogen and oxygen atoms in total. The van der Waals surface area contributed by atoms with Crippen LogP contribution in [0, 0.1) is 0 Å². The van der Waals surface area contributed by atoms with Crippen LogP contribution in [0.1, 0.15) is 25.0 Å². The molecule has 25 heavy (non-hydrogen) atoms. The monoisotopic (exact) mass is 348 g/mol. The van der Waals surface area contributed by atoms with Gasteiger partial charge in [-0.05, 0) is 25.5 Å². The second-order valence-electron chi connectivity index (χ2n) is 6.69. The molecule has 2 heterocycles. The van der Waals surface area contributed by atoms with Crippen molar-refractivity contribution >= 4 is 0 Å². The lowest BCUT2D eigenvalue weighted by Gasteiger charge is -2.33. The predicted molar refractivity (Wildman–Crippen MR) is 89.6 cm³/mol. The Hall–Kier alpha value is -1.70. The number of furan rings is 1. The van der Waals surface area contributed by atoms with E-state index in [0.29, 0.717) is 12.2 Å². The van der Waals surface area contributed by atoms with Gasteiger partial charge >= 0.3 is 0 Å². The lowest BCUT2D eigenvalue weighted by atomic mass is 9.88. The van der Waals surface area contributed by atoms with Crippen molar-refractivity contribution in [2.45, 2.75) is 44.1 Å². The van der Waals surface area contributed by atoms with Crippen molar-refractivity contribution in [1.29, 1.82) is 0 Å². The molecule has 6 heteroatoms. The Balaban J connectivity index is 1.72. The summed E-state index contributed by atoms with van der Waals surface area (Å²) in [5.74, 6) is -0.891. The molecule has 0 bridgehead atoms. The molecule has 0 aliphatic carbocycles. The molecule has 1 aliphatic heterocycles. The number of rotatable bonds is 7. The largest absolute Gasteiger partial charge is 0.472 e. The van der Waals surface area contributed by atoms with E-state index in [1.54, 1.807) is 19.9 Å². The van der Waals surface area contributed by atoms with E-state index in [-0.39, 0.29) is 6.61 Å². The van der Waals surface area contributed by atoms with Gasteiger partial charge in [-0.3, -0.25) is 0 Å². The smallest absolute Gasteiger partial charge is 0.164 e. The van der Waals surface area contributed by atoms with E-state index < -0.39 is 30.2 Å². The molecule has 3 atom stereocenters. The molecule has 2 aromatic rings. The van der Waals surface area contributed by atoms with Crippen molar-refractivity contribution in [2.75, 3.05) is 13.2 Å². The zero-order valence-corrected chi connectivity index (χ0v) is 14.4. The summed E-state index contributed by atoms with van der Waals surface area (Å²) in [6.07, 6.45) is 1.51. The number of ether oxygens (including phenoxy) is 3. The van der Waals surface area contributed by atoms with E-state index in [0.717, 1.165) is 5.56 Å². The Morgan fingerprint density at radius 1 is 1.16 bits per heavy atom. The quantitative estimate of drug-likeness (QED) is 0.798. The van der Waals surface area contributed by atoms with Crippen LogP contribution in [0.4, 0.5) is 0 Å². The fourth-order valence-corrected chi connectivity index (χ4v) is 3.09. The van der Waals surface area contributed by atoms with Gasteiger partial charge in [0.25, 0.3) is 0 Å². The first kappa shape index (κ1) is 18.1. The molecule has 1 aromatic heterocycles. The molecule has 1 aromatic carbocycles. The summed E-state index contributed by atoms with van der Waals surface area (Å²) in [6, 6.07) is 11.4. The summed E-state index contributed by atoms with van der Waals surface area (Å²) in [4.78, 5) is 0. The highest BCUT2D eigenvalue weighted by molar-refractivity contribution is 5.20. The number of benzene rings is 1. The maximum Gasteiger partial charge on any atom is 0.164 e. The molecule has 0 spiro atoms. The summed E-state index contributed by atoms with van der Waals surface area (Å²) in [5, 5.41) is 20.9. The number of aliphatic hydroxyl groups is 2. The maximum absolute atomic E-state index is 11.0. The Labute approximate surface area is 146 Å². The molecular formula is C19H24O6. The molecule has 1 fully saturated rings. The minimum absolute atomic E-state index is 0.225. The second kappa shape index (κ2) is 7.27. The highest BCUT2D eigenvalue weighted by Crippen LogP contribution is 2.39. The zero-order valence-electron chi connectivity index (χ0n) is 14.4. The molecule has 136 valence electrons. The molecule has 0 amide bonds. The van der Waals surface area contributed by atoms with Crippen LogP contribution in [0.5, 0.6) is 0 Å². The first-order chi connectivity index (χ1) is 11.9. The van der Waals surface area contributed by atoms with Crippen molar-refractivity contribution < 1.29 is 28.8 Å². The van der Waals surface area contributed by atoms with Gasteiger partial charge < -0.3 is 28.8 Å². The minimum Gasteiger partial charge on any atom is -0.472 e. The summed E-state index contributed by atoms with van der Waals surface area (Å²) < 4.78 is 22.6. The summed E-state index contributed by atoms with van der Waals surface area (Å²) in [6.45, 7) is 3.67. The standard InChI is InChI=1S/C19H24O6/c1-18(2)24-16(12-23-10-14-6-4-3-5-7-14)17(25-18)19(21,13-20)15-8-9-22-11-15/h3-9,11,16-17,20-21H,10,12-13H2,1-2H3/t16-,17+,19-/m0/s1. The van der Waals surface area contributed by atoms with Gasteiger partial charge in [0.2, 0.25) is 0 Å². The van der Waals surface area contributed by atoms with E-state index in [2.05, 4.69) is 0 Å². The molecular weight excluding hydrogens is 324 g/mol. The molecule has 1 saturated heterocycles. The van der Waals surface area contributed by atoms with E-state index in [9.17, 15) is 10.2 Å². The van der Waals surface area contributed by atoms with Crippen LogP contribution in [-0.4, -0.2) is 41.4 Å². The molecule has 3 rings (SSSR count). The van der Waals surface area contributed by atoms with Gasteiger partial charge in [-0.25, -0.2) is 0 Å². The SMILES string of the molecule is CC1(C)O[C@@H](COCc2ccccc2)[C@H]([C@](O)(CO)c2ccoc2)O1. The van der Waals surface area contributed by atoms with Crippen molar-refractivity contribution in [3.8, 4) is 0 Å². The average Bonchev–Trinajstić information content (AvgIpc) is 3.23. The van der Waals surface area contributed by atoms with Gasteiger partial charge in [0, 0.05) is 5.56 Å². The molecule has 0 saturated carbocycles. The molecule has 0 radical (unpaired) electrons. The van der Waals surface area contributed by atoms with Gasteiger partial charge in [0.05, 0.1) is 32.3 Å². The van der Waals surface area contributed by atoms with Crippen molar-refractivity contribution in [1.82, 2.24) is 0 Å². The fraction of sp³-hybridized carbons (Fsp3) is 0.474. The van der Waals surface area contributed by atoms with Crippen LogP contribution in [0.3, 0.4) is 0 Å². The Kier molecular flexibility index (Phi) is 5.27. The maximum atomic E-state index is 11.0. The van der Waals surface area contributed by atoms with Gasteiger partial charge in [-0.15, -0.1) is 0 Å². The van der Waals surface area contributed by atoms with E-state index >= 15 is 0 Å². The Morgan fingerprint density at radius 2 is 1.92 bits per heavy atom. The molecule has 0 unspecified atom stereocenters. The lowest BCUT2D eigenvalue weighted by molar-refractivity contribution is -0.181. The van der Waals surface area contributed by atoms with Gasteiger partial charge in [-0.1, -0.05) is 30.3 Å². The summed E-state index contributed by atoms with van der Waals surface area (Å²) >= 11 is 0. The third kappa shape index (κ3) is 3.94. The Bertz CT molecular complexity index is 654. The highest BCUT2D eigenvalue weighted by Gasteiger charge is 2.53. The fourth-order valence-electron chi connectivity index (χ4n) is 3.09. The van der Waals surface area contributed by atoms with Crippen LogP contribution < -0.4 is 0 Å². The van der Waals surface area contributed by atoms with E-state index in [1.165, 1.54) is 12.5 Å². The number of hydrogen-bond acceptors (Lipinski definition) is 6. The zero-order chi connectivity index (χ0) is 17.9. The second-order valence-corrected chi connectivity index (χ2v) is 6.69. The average molecular weight is 348 g/mol. The van der Waals surface area contributed by atoms with Gasteiger partial charge in [0.1, 0.15) is 17.8 Å². The number of aliphatic hydroxyl groups excluding tert-OH is 1. The minimum atomic E-state index is -1.64. The van der Waals surface area contributed by atoms with Crippen LogP contribution in [0.25, 0.3) is 0 Å². The van der Waals surface area contributed by atoms with Crippen molar-refractivity contribution in [3.63, 3.8) is 0 Å². The summed E-state index contributed by atoms with van der Waals surface area (Å²) in [5.41, 5.74) is -0.152.